The quantitative estimate of drug-likeness (QED) is 0.324. The van der Waals surface area contributed by atoms with Gasteiger partial charge in [0.05, 0.1) is 10.6 Å². The molecule has 0 bridgehead atoms. The van der Waals surface area contributed by atoms with Gasteiger partial charge >= 0.3 is 0 Å². The van der Waals surface area contributed by atoms with E-state index in [9.17, 15) is 19.7 Å². The zero-order valence-corrected chi connectivity index (χ0v) is 14.8. The molecule has 0 saturated carbocycles. The molecule has 0 unspecified atom stereocenters. The maximum Gasteiger partial charge on any atom is 0.282 e. The number of nitrogens with one attached hydrogen (secondary N) is 1. The van der Waals surface area contributed by atoms with Crippen molar-refractivity contribution in [1.29, 1.82) is 0 Å². The molecule has 0 aliphatic heterocycles. The number of aryl methyl sites for hydroxylation is 2. The highest BCUT2D eigenvalue weighted by Crippen LogP contribution is 2.15. The van der Waals surface area contributed by atoms with Crippen LogP contribution in [-0.4, -0.2) is 20.5 Å². The standard InChI is InChI=1S/C20H17N3O4/c1-13-6-9-16(10-7-13)22-20(25)19(14(2)21-22)18(24)11-8-15-4-3-5-17(12-15)23(26)27/h3-12,21H,1-2H3/b11-8+. The molecular formula is C20H17N3O4. The molecule has 0 spiro atoms. The van der Waals surface area contributed by atoms with E-state index in [-0.39, 0.29) is 11.3 Å². The van der Waals surface area contributed by atoms with Crippen LogP contribution >= 0.6 is 0 Å². The third-order valence-corrected chi connectivity index (χ3v) is 4.12. The summed E-state index contributed by atoms with van der Waals surface area (Å²) in [6.07, 6.45) is 2.70. The minimum atomic E-state index is -0.504. The highest BCUT2D eigenvalue weighted by molar-refractivity contribution is 6.07. The van der Waals surface area contributed by atoms with Gasteiger partial charge in [-0.25, -0.2) is 4.68 Å². The smallest absolute Gasteiger partial charge is 0.282 e. The number of carbonyl (C=O) groups is 1. The second-order valence-corrected chi connectivity index (χ2v) is 6.14. The molecule has 136 valence electrons. The molecule has 27 heavy (non-hydrogen) atoms. The van der Waals surface area contributed by atoms with Gasteiger partial charge < -0.3 is 0 Å². The van der Waals surface area contributed by atoms with E-state index in [1.54, 1.807) is 25.1 Å². The number of rotatable bonds is 5. The Morgan fingerprint density at radius 3 is 2.52 bits per heavy atom. The van der Waals surface area contributed by atoms with Gasteiger partial charge in [-0.05, 0) is 37.6 Å². The number of ketones is 1. The number of hydrogen-bond acceptors (Lipinski definition) is 4. The molecule has 0 saturated heterocycles. The van der Waals surface area contributed by atoms with Crippen LogP contribution in [0, 0.1) is 24.0 Å². The number of benzene rings is 2. The number of nitro groups is 1. The predicted molar refractivity (Wildman–Crippen MR) is 102 cm³/mol. The summed E-state index contributed by atoms with van der Waals surface area (Å²) in [5.74, 6) is -0.467. The molecule has 2 aromatic carbocycles. The van der Waals surface area contributed by atoms with Crippen molar-refractivity contribution in [3.05, 3.63) is 97.5 Å². The molecule has 0 atom stereocenters. The Labute approximate surface area is 154 Å². The zero-order chi connectivity index (χ0) is 19.6. The van der Waals surface area contributed by atoms with E-state index in [4.69, 9.17) is 0 Å². The van der Waals surface area contributed by atoms with Crippen molar-refractivity contribution in [2.45, 2.75) is 13.8 Å². The number of hydrogen-bond donors (Lipinski definition) is 1. The molecule has 1 aromatic heterocycles. The Morgan fingerprint density at radius 2 is 1.85 bits per heavy atom. The van der Waals surface area contributed by atoms with E-state index in [1.165, 1.54) is 35.0 Å². The van der Waals surface area contributed by atoms with E-state index in [0.717, 1.165) is 5.56 Å². The van der Waals surface area contributed by atoms with E-state index >= 15 is 0 Å². The second kappa shape index (κ2) is 7.25. The highest BCUT2D eigenvalue weighted by atomic mass is 16.6. The highest BCUT2D eigenvalue weighted by Gasteiger charge is 2.17. The number of carbonyl (C=O) groups excluding carboxylic acids is 1. The van der Waals surface area contributed by atoms with Crippen LogP contribution in [0.1, 0.15) is 27.2 Å². The summed E-state index contributed by atoms with van der Waals surface area (Å²) in [5.41, 5.74) is 2.19. The third kappa shape index (κ3) is 3.77. The van der Waals surface area contributed by atoms with Crippen molar-refractivity contribution in [3.8, 4) is 5.69 Å². The molecule has 0 aliphatic rings. The Bertz CT molecular complexity index is 1110. The normalized spacial score (nSPS) is 11.0. The number of H-pyrrole nitrogens is 1. The molecule has 0 radical (unpaired) electrons. The molecule has 7 nitrogen and oxygen atoms in total. The van der Waals surface area contributed by atoms with Crippen LogP contribution in [0.3, 0.4) is 0 Å². The second-order valence-electron chi connectivity index (χ2n) is 6.14. The maximum atomic E-state index is 12.7. The summed E-state index contributed by atoms with van der Waals surface area (Å²) in [7, 11) is 0. The first-order chi connectivity index (χ1) is 12.9. The number of nitrogens with zero attached hydrogens (tertiary/aromatic N) is 2. The number of aromatic nitrogens is 2. The van der Waals surface area contributed by atoms with Gasteiger partial charge in [0.2, 0.25) is 0 Å². The topological polar surface area (TPSA) is 98.0 Å². The van der Waals surface area contributed by atoms with Gasteiger partial charge in [0.25, 0.3) is 11.2 Å². The molecule has 7 heteroatoms. The van der Waals surface area contributed by atoms with Crippen LogP contribution in [-0.2, 0) is 0 Å². The van der Waals surface area contributed by atoms with Crippen molar-refractivity contribution in [1.82, 2.24) is 9.78 Å². The minimum absolute atomic E-state index is 0.0391. The molecule has 3 rings (SSSR count). The van der Waals surface area contributed by atoms with Crippen LogP contribution in [0.5, 0.6) is 0 Å². The summed E-state index contributed by atoms with van der Waals surface area (Å²) in [5, 5.41) is 13.7. The van der Waals surface area contributed by atoms with Crippen molar-refractivity contribution >= 4 is 17.5 Å². The van der Waals surface area contributed by atoms with Crippen LogP contribution in [0.4, 0.5) is 5.69 Å². The van der Waals surface area contributed by atoms with Crippen LogP contribution in [0.25, 0.3) is 11.8 Å². The van der Waals surface area contributed by atoms with Gasteiger partial charge in [0, 0.05) is 17.8 Å². The van der Waals surface area contributed by atoms with Gasteiger partial charge in [-0.1, -0.05) is 35.9 Å². The summed E-state index contributed by atoms with van der Waals surface area (Å²) >= 11 is 0. The Morgan fingerprint density at radius 1 is 1.15 bits per heavy atom. The Balaban J connectivity index is 1.91. The fraction of sp³-hybridized carbons (Fsp3) is 0.100. The monoisotopic (exact) mass is 363 g/mol. The van der Waals surface area contributed by atoms with Gasteiger partial charge in [0.15, 0.2) is 5.78 Å². The summed E-state index contributed by atoms with van der Waals surface area (Å²) in [6.45, 7) is 3.60. The van der Waals surface area contributed by atoms with Gasteiger partial charge in [0.1, 0.15) is 5.56 Å². The summed E-state index contributed by atoms with van der Waals surface area (Å²) in [4.78, 5) is 35.5. The average Bonchev–Trinajstić information content (AvgIpc) is 2.95. The lowest BCUT2D eigenvalue weighted by molar-refractivity contribution is -0.384. The average molecular weight is 363 g/mol. The summed E-state index contributed by atoms with van der Waals surface area (Å²) in [6, 6.07) is 13.2. The van der Waals surface area contributed by atoms with Crippen LogP contribution < -0.4 is 5.56 Å². The largest absolute Gasteiger partial charge is 0.295 e. The Kier molecular flexibility index (Phi) is 4.85. The predicted octanol–water partition coefficient (Wildman–Crippen LogP) is 3.59. The molecule has 3 aromatic rings. The van der Waals surface area contributed by atoms with Crippen molar-refractivity contribution in [2.75, 3.05) is 0 Å². The van der Waals surface area contributed by atoms with E-state index in [2.05, 4.69) is 5.10 Å². The van der Waals surface area contributed by atoms with Gasteiger partial charge in [-0.3, -0.25) is 24.8 Å². The van der Waals surface area contributed by atoms with Crippen molar-refractivity contribution < 1.29 is 9.72 Å². The van der Waals surface area contributed by atoms with Gasteiger partial charge in [-0.2, -0.15) is 0 Å². The third-order valence-electron chi connectivity index (χ3n) is 4.12. The Hall–Kier alpha value is -3.74. The fourth-order valence-corrected chi connectivity index (χ4v) is 2.71. The summed E-state index contributed by atoms with van der Waals surface area (Å²) < 4.78 is 1.32. The molecule has 0 fully saturated rings. The maximum absolute atomic E-state index is 12.7. The lowest BCUT2D eigenvalue weighted by Gasteiger charge is -2.01. The molecule has 0 aliphatic carbocycles. The molecule has 1 heterocycles. The zero-order valence-electron chi connectivity index (χ0n) is 14.8. The lowest BCUT2D eigenvalue weighted by atomic mass is 10.1. The SMILES string of the molecule is Cc1ccc(-n2[nH]c(C)c(C(=O)/C=C/c3cccc([N+](=O)[O-])c3)c2=O)cc1. The van der Waals surface area contributed by atoms with E-state index in [1.807, 2.05) is 19.1 Å². The lowest BCUT2D eigenvalue weighted by Crippen LogP contribution is -2.19. The van der Waals surface area contributed by atoms with Crippen molar-refractivity contribution in [2.24, 2.45) is 0 Å². The van der Waals surface area contributed by atoms with Crippen LogP contribution in [0.15, 0.2) is 59.4 Å². The molecule has 0 amide bonds. The number of allylic oxidation sites excluding steroid dienone is 1. The first kappa shape index (κ1) is 18.1. The van der Waals surface area contributed by atoms with Crippen LogP contribution in [0.2, 0.25) is 0 Å². The number of nitro benzene ring substituents is 1. The first-order valence-corrected chi connectivity index (χ1v) is 8.22. The van der Waals surface area contributed by atoms with E-state index in [0.29, 0.717) is 16.9 Å². The minimum Gasteiger partial charge on any atom is -0.295 e. The van der Waals surface area contributed by atoms with E-state index < -0.39 is 16.3 Å². The molecule has 1 N–H and O–H groups in total. The number of aromatic amines is 1. The van der Waals surface area contributed by atoms with Crippen molar-refractivity contribution in [3.63, 3.8) is 0 Å². The van der Waals surface area contributed by atoms with Gasteiger partial charge in [-0.15, -0.1) is 0 Å². The molecular weight excluding hydrogens is 346 g/mol. The first-order valence-electron chi connectivity index (χ1n) is 8.22. The fourth-order valence-electron chi connectivity index (χ4n) is 2.71. The number of non-ortho nitro benzene ring substituents is 1.